The van der Waals surface area contributed by atoms with Crippen molar-refractivity contribution < 1.29 is 14.6 Å². The number of aliphatic carboxylic acids is 1. The molecule has 19 heavy (non-hydrogen) atoms. The maximum Gasteiger partial charge on any atom is 0.328 e. The summed E-state index contributed by atoms with van der Waals surface area (Å²) in [5.41, 5.74) is 0.560. The summed E-state index contributed by atoms with van der Waals surface area (Å²) >= 11 is 5.99. The zero-order valence-electron chi connectivity index (χ0n) is 9.79. The topological polar surface area (TPSA) is 59.4 Å². The van der Waals surface area contributed by atoms with Crippen molar-refractivity contribution in [3.05, 3.63) is 59.3 Å². The Hall–Kier alpha value is -2.33. The number of carboxylic acids is 1. The lowest BCUT2D eigenvalue weighted by atomic mass is 10.2. The molecule has 0 atom stereocenters. The lowest BCUT2D eigenvalue weighted by Crippen LogP contribution is -1.92. The van der Waals surface area contributed by atoms with Crippen molar-refractivity contribution in [1.82, 2.24) is 4.98 Å². The summed E-state index contributed by atoms with van der Waals surface area (Å²) < 4.78 is 5.59. The molecule has 1 aromatic heterocycles. The van der Waals surface area contributed by atoms with Crippen molar-refractivity contribution >= 4 is 23.6 Å². The van der Waals surface area contributed by atoms with Gasteiger partial charge < -0.3 is 9.84 Å². The van der Waals surface area contributed by atoms with Gasteiger partial charge in [-0.15, -0.1) is 0 Å². The summed E-state index contributed by atoms with van der Waals surface area (Å²) in [6, 6.07) is 10.4. The van der Waals surface area contributed by atoms with Crippen LogP contribution in [0.5, 0.6) is 11.6 Å². The summed E-state index contributed by atoms with van der Waals surface area (Å²) in [5.74, 6) is -0.270. The number of ether oxygens (including phenoxy) is 1. The SMILES string of the molecule is O=C(O)/C=C/c1cccnc1Oc1ccccc1Cl. The van der Waals surface area contributed by atoms with E-state index in [1.165, 1.54) is 6.08 Å². The van der Waals surface area contributed by atoms with Gasteiger partial charge in [0.25, 0.3) is 0 Å². The second-order valence-corrected chi connectivity index (χ2v) is 4.01. The number of nitrogens with zero attached hydrogens (tertiary/aromatic N) is 1. The summed E-state index contributed by atoms with van der Waals surface area (Å²) in [6.45, 7) is 0. The van der Waals surface area contributed by atoms with E-state index in [9.17, 15) is 4.79 Å². The van der Waals surface area contributed by atoms with Crippen LogP contribution in [0.25, 0.3) is 6.08 Å². The van der Waals surface area contributed by atoms with E-state index < -0.39 is 5.97 Å². The molecule has 0 aliphatic rings. The minimum Gasteiger partial charge on any atom is -0.478 e. The van der Waals surface area contributed by atoms with Crippen LogP contribution in [-0.2, 0) is 4.79 Å². The third kappa shape index (κ3) is 3.56. The summed E-state index contributed by atoms with van der Waals surface area (Å²) in [6.07, 6.45) is 4.00. The Morgan fingerprint density at radius 2 is 2.05 bits per heavy atom. The predicted molar refractivity (Wildman–Crippen MR) is 72.4 cm³/mol. The molecule has 0 unspecified atom stereocenters. The lowest BCUT2D eigenvalue weighted by Gasteiger charge is -2.08. The standard InChI is InChI=1S/C14H10ClNO3/c15-11-5-1-2-6-12(11)19-14-10(4-3-9-16-14)7-8-13(17)18/h1-9H,(H,17,18)/b8-7+. The van der Waals surface area contributed by atoms with Crippen LogP contribution in [0.4, 0.5) is 0 Å². The minimum absolute atomic E-state index is 0.299. The Balaban J connectivity index is 2.30. The van der Waals surface area contributed by atoms with Crippen LogP contribution in [0.15, 0.2) is 48.7 Å². The number of carbonyl (C=O) groups is 1. The monoisotopic (exact) mass is 275 g/mol. The van der Waals surface area contributed by atoms with Crippen molar-refractivity contribution in [3.8, 4) is 11.6 Å². The first-order valence-corrected chi connectivity index (χ1v) is 5.83. The quantitative estimate of drug-likeness (QED) is 0.866. The number of rotatable bonds is 4. The molecule has 0 aliphatic carbocycles. The van der Waals surface area contributed by atoms with E-state index in [2.05, 4.69) is 4.98 Å². The van der Waals surface area contributed by atoms with Crippen molar-refractivity contribution in [3.63, 3.8) is 0 Å². The lowest BCUT2D eigenvalue weighted by molar-refractivity contribution is -0.131. The predicted octanol–water partition coefficient (Wildman–Crippen LogP) is 3.63. The molecule has 0 amide bonds. The fourth-order valence-electron chi connectivity index (χ4n) is 1.41. The Morgan fingerprint density at radius 1 is 1.26 bits per heavy atom. The van der Waals surface area contributed by atoms with Crippen LogP contribution in [0.3, 0.4) is 0 Å². The first-order valence-electron chi connectivity index (χ1n) is 5.45. The molecular formula is C14H10ClNO3. The van der Waals surface area contributed by atoms with E-state index in [0.29, 0.717) is 22.2 Å². The van der Waals surface area contributed by atoms with E-state index in [4.69, 9.17) is 21.4 Å². The highest BCUT2D eigenvalue weighted by Crippen LogP contribution is 2.29. The second kappa shape index (κ2) is 6.02. The van der Waals surface area contributed by atoms with Crippen LogP contribution >= 0.6 is 11.6 Å². The highest BCUT2D eigenvalue weighted by Gasteiger charge is 2.06. The van der Waals surface area contributed by atoms with Crippen LogP contribution in [-0.4, -0.2) is 16.1 Å². The zero-order chi connectivity index (χ0) is 13.7. The molecule has 1 N–H and O–H groups in total. The first-order chi connectivity index (χ1) is 9.16. The molecule has 0 saturated heterocycles. The molecular weight excluding hydrogens is 266 g/mol. The van der Waals surface area contributed by atoms with Crippen LogP contribution < -0.4 is 4.74 Å². The van der Waals surface area contributed by atoms with Crippen LogP contribution in [0.1, 0.15) is 5.56 Å². The van der Waals surface area contributed by atoms with E-state index in [1.54, 1.807) is 42.6 Å². The highest BCUT2D eigenvalue weighted by molar-refractivity contribution is 6.32. The van der Waals surface area contributed by atoms with Crippen LogP contribution in [0.2, 0.25) is 5.02 Å². The Labute approximate surface area is 114 Å². The third-order valence-corrected chi connectivity index (χ3v) is 2.56. The number of para-hydroxylation sites is 1. The van der Waals surface area contributed by atoms with Gasteiger partial charge in [-0.25, -0.2) is 9.78 Å². The molecule has 2 aromatic rings. The molecule has 0 bridgehead atoms. The zero-order valence-corrected chi connectivity index (χ0v) is 10.5. The molecule has 96 valence electrons. The number of benzene rings is 1. The molecule has 1 aromatic carbocycles. The number of carboxylic acid groups (broad SMARTS) is 1. The molecule has 0 spiro atoms. The normalized spacial score (nSPS) is 10.6. The molecule has 5 heteroatoms. The summed E-state index contributed by atoms with van der Waals surface area (Å²) in [4.78, 5) is 14.6. The molecule has 0 aliphatic heterocycles. The molecule has 1 heterocycles. The fourth-order valence-corrected chi connectivity index (χ4v) is 1.58. The first kappa shape index (κ1) is 13.1. The smallest absolute Gasteiger partial charge is 0.328 e. The number of hydrogen-bond acceptors (Lipinski definition) is 3. The van der Waals surface area contributed by atoms with Gasteiger partial charge in [0.2, 0.25) is 5.88 Å². The van der Waals surface area contributed by atoms with Crippen molar-refractivity contribution in [2.75, 3.05) is 0 Å². The van der Waals surface area contributed by atoms with Gasteiger partial charge >= 0.3 is 5.97 Å². The van der Waals surface area contributed by atoms with Crippen molar-refractivity contribution in [2.24, 2.45) is 0 Å². The molecule has 0 fully saturated rings. The second-order valence-electron chi connectivity index (χ2n) is 3.60. The van der Waals surface area contributed by atoms with Crippen molar-refractivity contribution in [2.45, 2.75) is 0 Å². The van der Waals surface area contributed by atoms with E-state index in [-0.39, 0.29) is 0 Å². The average Bonchev–Trinajstić information content (AvgIpc) is 2.40. The van der Waals surface area contributed by atoms with Gasteiger partial charge in [-0.2, -0.15) is 0 Å². The number of pyridine rings is 1. The largest absolute Gasteiger partial charge is 0.478 e. The van der Waals surface area contributed by atoms with Gasteiger partial charge in [0.05, 0.1) is 5.02 Å². The van der Waals surface area contributed by atoms with Crippen molar-refractivity contribution in [1.29, 1.82) is 0 Å². The molecule has 2 rings (SSSR count). The van der Waals surface area contributed by atoms with Gasteiger partial charge in [-0.05, 0) is 30.3 Å². The molecule has 4 nitrogen and oxygen atoms in total. The maximum atomic E-state index is 10.5. The number of hydrogen-bond donors (Lipinski definition) is 1. The maximum absolute atomic E-state index is 10.5. The number of aromatic nitrogens is 1. The Bertz CT molecular complexity index is 626. The summed E-state index contributed by atoms with van der Waals surface area (Å²) in [5, 5.41) is 9.09. The average molecular weight is 276 g/mol. The molecule has 0 radical (unpaired) electrons. The highest BCUT2D eigenvalue weighted by atomic mass is 35.5. The van der Waals surface area contributed by atoms with Crippen LogP contribution in [0, 0.1) is 0 Å². The Kier molecular flexibility index (Phi) is 4.15. The fraction of sp³-hybridized carbons (Fsp3) is 0. The van der Waals surface area contributed by atoms with Gasteiger partial charge in [0, 0.05) is 17.8 Å². The third-order valence-electron chi connectivity index (χ3n) is 2.25. The van der Waals surface area contributed by atoms with Gasteiger partial charge in [-0.1, -0.05) is 23.7 Å². The molecule has 0 saturated carbocycles. The number of halogens is 1. The Morgan fingerprint density at radius 3 is 2.79 bits per heavy atom. The summed E-state index contributed by atoms with van der Waals surface area (Å²) in [7, 11) is 0. The van der Waals surface area contributed by atoms with E-state index >= 15 is 0 Å². The van der Waals surface area contributed by atoms with E-state index in [1.807, 2.05) is 0 Å². The minimum atomic E-state index is -1.03. The van der Waals surface area contributed by atoms with Gasteiger partial charge in [0.15, 0.2) is 0 Å². The van der Waals surface area contributed by atoms with Gasteiger partial charge in [-0.3, -0.25) is 0 Å². The van der Waals surface area contributed by atoms with Gasteiger partial charge in [0.1, 0.15) is 5.75 Å². The van der Waals surface area contributed by atoms with E-state index in [0.717, 1.165) is 6.08 Å².